The van der Waals surface area contributed by atoms with E-state index in [2.05, 4.69) is 5.32 Å². The van der Waals surface area contributed by atoms with Gasteiger partial charge in [0.1, 0.15) is 0 Å². The lowest BCUT2D eigenvalue weighted by Crippen LogP contribution is -2.53. The van der Waals surface area contributed by atoms with Crippen LogP contribution in [0, 0.1) is 5.92 Å². The molecular formula is C17H21ClN2O. The van der Waals surface area contributed by atoms with Gasteiger partial charge in [0.25, 0.3) is 5.91 Å². The molecule has 3 rings (SSSR count). The molecule has 0 radical (unpaired) electrons. The average Bonchev–Trinajstić information content (AvgIpc) is 3.31. The SMILES string of the molecule is CC(CN)(NC(=O)c1ccc2ccccc2c1)C1CC1.Cl. The van der Waals surface area contributed by atoms with Gasteiger partial charge >= 0.3 is 0 Å². The number of fused-ring (bicyclic) bond motifs is 1. The number of nitrogens with two attached hydrogens (primary N) is 1. The standard InChI is InChI=1S/C17H20N2O.ClH/c1-17(11-18,15-8-9-15)19-16(20)14-7-6-12-4-2-3-5-13(12)10-14;/h2-7,10,15H,8-9,11,18H2,1H3,(H,19,20);1H. The number of hydrogen-bond donors (Lipinski definition) is 2. The molecule has 1 unspecified atom stereocenters. The van der Waals surface area contributed by atoms with Gasteiger partial charge in [-0.3, -0.25) is 4.79 Å². The van der Waals surface area contributed by atoms with E-state index in [1.165, 1.54) is 0 Å². The minimum Gasteiger partial charge on any atom is -0.345 e. The zero-order valence-corrected chi connectivity index (χ0v) is 13.0. The van der Waals surface area contributed by atoms with Crippen LogP contribution in [0.2, 0.25) is 0 Å². The highest BCUT2D eigenvalue weighted by atomic mass is 35.5. The molecule has 3 N–H and O–H groups in total. The highest BCUT2D eigenvalue weighted by molar-refractivity contribution is 5.99. The van der Waals surface area contributed by atoms with Gasteiger partial charge in [0, 0.05) is 12.1 Å². The second kappa shape index (κ2) is 6.04. The third-order valence-corrected chi connectivity index (χ3v) is 4.31. The summed E-state index contributed by atoms with van der Waals surface area (Å²) in [5.41, 5.74) is 6.27. The van der Waals surface area contributed by atoms with E-state index >= 15 is 0 Å². The number of halogens is 1. The van der Waals surface area contributed by atoms with Crippen LogP contribution in [-0.4, -0.2) is 18.0 Å². The van der Waals surface area contributed by atoms with Gasteiger partial charge in [-0.1, -0.05) is 30.3 Å². The molecule has 0 aliphatic heterocycles. The highest BCUT2D eigenvalue weighted by Crippen LogP contribution is 2.39. The second-order valence-corrected chi connectivity index (χ2v) is 5.91. The number of carbonyl (C=O) groups excluding carboxylic acids is 1. The lowest BCUT2D eigenvalue weighted by Gasteiger charge is -2.29. The van der Waals surface area contributed by atoms with Gasteiger partial charge in [-0.05, 0) is 48.6 Å². The van der Waals surface area contributed by atoms with Crippen LogP contribution in [0.4, 0.5) is 0 Å². The fourth-order valence-corrected chi connectivity index (χ4v) is 2.70. The topological polar surface area (TPSA) is 55.1 Å². The summed E-state index contributed by atoms with van der Waals surface area (Å²) in [6.45, 7) is 2.53. The van der Waals surface area contributed by atoms with Gasteiger partial charge in [-0.2, -0.15) is 0 Å². The van der Waals surface area contributed by atoms with E-state index in [1.807, 2.05) is 49.4 Å². The zero-order valence-electron chi connectivity index (χ0n) is 12.1. The monoisotopic (exact) mass is 304 g/mol. The Morgan fingerprint density at radius 3 is 2.52 bits per heavy atom. The largest absolute Gasteiger partial charge is 0.345 e. The van der Waals surface area contributed by atoms with E-state index < -0.39 is 0 Å². The van der Waals surface area contributed by atoms with E-state index in [-0.39, 0.29) is 23.9 Å². The van der Waals surface area contributed by atoms with E-state index in [0.717, 1.165) is 23.6 Å². The number of rotatable bonds is 4. The minimum absolute atomic E-state index is 0. The summed E-state index contributed by atoms with van der Waals surface area (Å²) < 4.78 is 0. The van der Waals surface area contributed by atoms with Crippen molar-refractivity contribution >= 4 is 29.1 Å². The Kier molecular flexibility index (Phi) is 4.55. The molecule has 112 valence electrons. The lowest BCUT2D eigenvalue weighted by atomic mass is 9.95. The summed E-state index contributed by atoms with van der Waals surface area (Å²) in [5.74, 6) is 0.493. The fraction of sp³-hybridized carbons (Fsp3) is 0.353. The predicted molar refractivity (Wildman–Crippen MR) is 88.8 cm³/mol. The van der Waals surface area contributed by atoms with Crippen LogP contribution in [0.25, 0.3) is 10.8 Å². The van der Waals surface area contributed by atoms with Gasteiger partial charge in [-0.25, -0.2) is 0 Å². The first-order valence-corrected chi connectivity index (χ1v) is 7.14. The normalized spacial score (nSPS) is 16.9. The molecule has 0 aromatic heterocycles. The van der Waals surface area contributed by atoms with Crippen LogP contribution in [0.5, 0.6) is 0 Å². The maximum atomic E-state index is 12.4. The van der Waals surface area contributed by atoms with Crippen molar-refractivity contribution in [2.45, 2.75) is 25.3 Å². The number of amides is 1. The molecule has 0 spiro atoms. The summed E-state index contributed by atoms with van der Waals surface area (Å²) >= 11 is 0. The summed E-state index contributed by atoms with van der Waals surface area (Å²) in [6, 6.07) is 13.9. The van der Waals surface area contributed by atoms with Gasteiger partial charge in [0.15, 0.2) is 0 Å². The van der Waals surface area contributed by atoms with Crippen molar-refractivity contribution in [3.05, 3.63) is 48.0 Å². The van der Waals surface area contributed by atoms with Crippen LogP contribution in [0.3, 0.4) is 0 Å². The number of carbonyl (C=O) groups is 1. The number of nitrogens with one attached hydrogen (secondary N) is 1. The second-order valence-electron chi connectivity index (χ2n) is 5.91. The average molecular weight is 305 g/mol. The molecule has 0 bridgehead atoms. The molecule has 3 nitrogen and oxygen atoms in total. The number of hydrogen-bond acceptors (Lipinski definition) is 2. The summed E-state index contributed by atoms with van der Waals surface area (Å²) in [5, 5.41) is 5.35. The molecule has 1 aliphatic carbocycles. The van der Waals surface area contributed by atoms with Crippen LogP contribution < -0.4 is 11.1 Å². The Morgan fingerprint density at radius 1 is 1.24 bits per heavy atom. The van der Waals surface area contributed by atoms with E-state index in [0.29, 0.717) is 18.0 Å². The Hall–Kier alpha value is -1.58. The Bertz CT molecular complexity index is 654. The van der Waals surface area contributed by atoms with Crippen molar-refractivity contribution in [2.24, 2.45) is 11.7 Å². The van der Waals surface area contributed by atoms with Gasteiger partial charge in [0.2, 0.25) is 0 Å². The number of benzene rings is 2. The summed E-state index contributed by atoms with van der Waals surface area (Å²) in [6.07, 6.45) is 2.32. The van der Waals surface area contributed by atoms with Gasteiger partial charge in [0.05, 0.1) is 5.54 Å². The lowest BCUT2D eigenvalue weighted by molar-refractivity contribution is 0.0898. The van der Waals surface area contributed by atoms with E-state index in [4.69, 9.17) is 5.73 Å². The summed E-state index contributed by atoms with van der Waals surface area (Å²) in [4.78, 5) is 12.4. The van der Waals surface area contributed by atoms with E-state index in [1.54, 1.807) is 0 Å². The molecule has 1 atom stereocenters. The summed E-state index contributed by atoms with van der Waals surface area (Å²) in [7, 11) is 0. The smallest absolute Gasteiger partial charge is 0.251 e. The highest BCUT2D eigenvalue weighted by Gasteiger charge is 2.41. The Morgan fingerprint density at radius 2 is 1.90 bits per heavy atom. The van der Waals surface area contributed by atoms with Crippen molar-refractivity contribution in [2.75, 3.05) is 6.54 Å². The molecule has 1 amide bonds. The zero-order chi connectivity index (χ0) is 14.2. The molecule has 0 heterocycles. The van der Waals surface area contributed by atoms with Crippen molar-refractivity contribution in [3.63, 3.8) is 0 Å². The molecule has 1 aliphatic rings. The van der Waals surface area contributed by atoms with Crippen LogP contribution in [0.15, 0.2) is 42.5 Å². The molecule has 2 aromatic carbocycles. The first-order chi connectivity index (χ1) is 9.62. The van der Waals surface area contributed by atoms with E-state index in [9.17, 15) is 4.79 Å². The maximum Gasteiger partial charge on any atom is 0.251 e. The van der Waals surface area contributed by atoms with Crippen LogP contribution in [0.1, 0.15) is 30.1 Å². The van der Waals surface area contributed by atoms with Crippen molar-refractivity contribution in [3.8, 4) is 0 Å². The molecule has 1 fully saturated rings. The third kappa shape index (κ3) is 3.20. The predicted octanol–water partition coefficient (Wildman–Crippen LogP) is 3.12. The van der Waals surface area contributed by atoms with Crippen molar-refractivity contribution in [1.29, 1.82) is 0 Å². The molecule has 1 saturated carbocycles. The Labute approximate surface area is 131 Å². The third-order valence-electron chi connectivity index (χ3n) is 4.31. The van der Waals surface area contributed by atoms with Gasteiger partial charge < -0.3 is 11.1 Å². The van der Waals surface area contributed by atoms with Crippen molar-refractivity contribution in [1.82, 2.24) is 5.32 Å². The first-order valence-electron chi connectivity index (χ1n) is 7.14. The van der Waals surface area contributed by atoms with Gasteiger partial charge in [-0.15, -0.1) is 12.4 Å². The van der Waals surface area contributed by atoms with Crippen LogP contribution >= 0.6 is 12.4 Å². The molecule has 4 heteroatoms. The van der Waals surface area contributed by atoms with Crippen LogP contribution in [-0.2, 0) is 0 Å². The fourth-order valence-electron chi connectivity index (χ4n) is 2.70. The quantitative estimate of drug-likeness (QED) is 0.912. The maximum absolute atomic E-state index is 12.4. The first kappa shape index (κ1) is 15.8. The Balaban J connectivity index is 0.00000161. The molecule has 2 aromatic rings. The molecular weight excluding hydrogens is 284 g/mol. The molecule has 0 saturated heterocycles. The minimum atomic E-state index is -0.275. The van der Waals surface area contributed by atoms with Crippen molar-refractivity contribution < 1.29 is 4.79 Å². The molecule has 21 heavy (non-hydrogen) atoms.